The van der Waals surface area contributed by atoms with E-state index in [1.165, 1.54) is 12.0 Å². The highest BCUT2D eigenvalue weighted by Crippen LogP contribution is 2.13. The Labute approximate surface area is 160 Å². The lowest BCUT2D eigenvalue weighted by atomic mass is 10.1. The van der Waals surface area contributed by atoms with Crippen LogP contribution in [0, 0.1) is 5.92 Å². The third-order valence-electron chi connectivity index (χ3n) is 5.41. The zero-order chi connectivity index (χ0) is 19.1. The maximum absolute atomic E-state index is 12.8. The molecule has 0 aromatic heterocycles. The summed E-state index contributed by atoms with van der Waals surface area (Å²) in [5, 5.41) is 0. The van der Waals surface area contributed by atoms with Crippen molar-refractivity contribution in [3.05, 3.63) is 35.4 Å². The van der Waals surface area contributed by atoms with Gasteiger partial charge in [-0.3, -0.25) is 14.6 Å². The lowest BCUT2D eigenvalue weighted by Crippen LogP contribution is -2.49. The topological polar surface area (TPSA) is 26.8 Å². The van der Waals surface area contributed by atoms with Crippen LogP contribution in [0.4, 0.5) is 0 Å². The summed E-state index contributed by atoms with van der Waals surface area (Å²) in [6.45, 7) is 18.0. The molecular formula is C22H37N3O. The molecule has 1 aromatic carbocycles. The lowest BCUT2D eigenvalue weighted by Gasteiger charge is -2.35. The van der Waals surface area contributed by atoms with E-state index in [9.17, 15) is 4.79 Å². The van der Waals surface area contributed by atoms with Gasteiger partial charge in [-0.05, 0) is 57.0 Å². The molecule has 2 rings (SSSR count). The number of amides is 1. The summed E-state index contributed by atoms with van der Waals surface area (Å²) in [7, 11) is 0. The molecule has 1 heterocycles. The number of carbonyl (C=O) groups is 1. The first-order valence-corrected chi connectivity index (χ1v) is 10.2. The van der Waals surface area contributed by atoms with Gasteiger partial charge >= 0.3 is 0 Å². The zero-order valence-electron chi connectivity index (χ0n) is 17.4. The van der Waals surface area contributed by atoms with Gasteiger partial charge in [0.1, 0.15) is 0 Å². The van der Waals surface area contributed by atoms with E-state index < -0.39 is 0 Å². The molecule has 1 aliphatic heterocycles. The Balaban J connectivity index is 1.86. The van der Waals surface area contributed by atoms with E-state index in [4.69, 9.17) is 0 Å². The highest BCUT2D eigenvalue weighted by atomic mass is 16.2. The highest BCUT2D eigenvalue weighted by Gasteiger charge is 2.22. The van der Waals surface area contributed by atoms with Crippen LogP contribution in [-0.2, 0) is 6.54 Å². The number of nitrogens with zero attached hydrogens (tertiary/aromatic N) is 3. The summed E-state index contributed by atoms with van der Waals surface area (Å²) in [6, 6.07) is 8.75. The Morgan fingerprint density at radius 2 is 1.65 bits per heavy atom. The van der Waals surface area contributed by atoms with Crippen molar-refractivity contribution in [1.29, 1.82) is 0 Å². The molecule has 146 valence electrons. The minimum absolute atomic E-state index is 0.177. The van der Waals surface area contributed by atoms with Crippen molar-refractivity contribution >= 4 is 5.91 Å². The molecule has 0 aliphatic carbocycles. The largest absolute Gasteiger partial charge is 0.336 e. The third kappa shape index (κ3) is 6.10. The second-order valence-electron chi connectivity index (χ2n) is 8.17. The molecule has 1 saturated heterocycles. The van der Waals surface area contributed by atoms with Crippen LogP contribution < -0.4 is 0 Å². The van der Waals surface area contributed by atoms with Crippen LogP contribution in [0.5, 0.6) is 0 Å². The Morgan fingerprint density at radius 1 is 1.04 bits per heavy atom. The molecule has 0 N–H and O–H groups in total. The summed E-state index contributed by atoms with van der Waals surface area (Å²) < 4.78 is 0. The van der Waals surface area contributed by atoms with Crippen LogP contribution >= 0.6 is 0 Å². The van der Waals surface area contributed by atoms with Gasteiger partial charge in [-0.15, -0.1) is 0 Å². The Bertz CT molecular complexity index is 545. The zero-order valence-corrected chi connectivity index (χ0v) is 17.4. The number of carbonyl (C=O) groups excluding carboxylic acids is 1. The molecule has 0 spiro atoms. The van der Waals surface area contributed by atoms with Gasteiger partial charge in [0.25, 0.3) is 5.91 Å². The first-order valence-electron chi connectivity index (χ1n) is 10.2. The van der Waals surface area contributed by atoms with Crippen LogP contribution in [0.1, 0.15) is 57.0 Å². The van der Waals surface area contributed by atoms with Crippen LogP contribution in [0.25, 0.3) is 0 Å². The molecule has 1 aromatic rings. The number of hydrogen-bond donors (Lipinski definition) is 0. The Hall–Kier alpha value is -1.39. The molecule has 4 nitrogen and oxygen atoms in total. The number of rotatable bonds is 8. The molecule has 0 unspecified atom stereocenters. The van der Waals surface area contributed by atoms with Gasteiger partial charge in [-0.2, -0.15) is 0 Å². The monoisotopic (exact) mass is 359 g/mol. The first-order chi connectivity index (χ1) is 12.4. The summed E-state index contributed by atoms with van der Waals surface area (Å²) in [6.07, 6.45) is 1.24. The smallest absolute Gasteiger partial charge is 0.253 e. The van der Waals surface area contributed by atoms with Gasteiger partial charge in [0.15, 0.2) is 0 Å². The van der Waals surface area contributed by atoms with Crippen molar-refractivity contribution in [3.8, 4) is 0 Å². The predicted octanol–water partition coefficient (Wildman–Crippen LogP) is 3.72. The van der Waals surface area contributed by atoms with Crippen molar-refractivity contribution in [3.63, 3.8) is 0 Å². The molecule has 0 atom stereocenters. The van der Waals surface area contributed by atoms with E-state index in [1.54, 1.807) is 0 Å². The minimum Gasteiger partial charge on any atom is -0.336 e. The molecule has 4 heteroatoms. The van der Waals surface area contributed by atoms with Gasteiger partial charge in [0.2, 0.25) is 0 Å². The second-order valence-corrected chi connectivity index (χ2v) is 8.17. The van der Waals surface area contributed by atoms with Gasteiger partial charge in [-0.25, -0.2) is 0 Å². The predicted molar refractivity (Wildman–Crippen MR) is 109 cm³/mol. The number of benzene rings is 1. The van der Waals surface area contributed by atoms with Gasteiger partial charge in [0, 0.05) is 44.3 Å². The van der Waals surface area contributed by atoms with E-state index in [0.29, 0.717) is 6.04 Å². The molecule has 0 saturated carbocycles. The first kappa shape index (κ1) is 20.9. The molecular weight excluding hydrogens is 322 g/mol. The number of hydrogen-bond acceptors (Lipinski definition) is 3. The quantitative estimate of drug-likeness (QED) is 0.708. The van der Waals surface area contributed by atoms with Gasteiger partial charge in [0.05, 0.1) is 0 Å². The van der Waals surface area contributed by atoms with E-state index in [-0.39, 0.29) is 5.91 Å². The highest BCUT2D eigenvalue weighted by molar-refractivity contribution is 5.94. The van der Waals surface area contributed by atoms with Crippen LogP contribution in [0.15, 0.2) is 24.3 Å². The van der Waals surface area contributed by atoms with Crippen LogP contribution in [-0.4, -0.2) is 65.9 Å². The molecule has 0 bridgehead atoms. The molecule has 1 amide bonds. The SMILES string of the molecule is CCN(Cc1ccc(C(=O)N2CCN(CCC(C)C)CC2)cc1)C(C)C. The average Bonchev–Trinajstić information content (AvgIpc) is 2.64. The third-order valence-corrected chi connectivity index (χ3v) is 5.41. The Morgan fingerprint density at radius 3 is 2.15 bits per heavy atom. The van der Waals surface area contributed by atoms with E-state index in [1.807, 2.05) is 17.0 Å². The second kappa shape index (κ2) is 10.1. The van der Waals surface area contributed by atoms with Crippen molar-refractivity contribution in [2.24, 2.45) is 5.92 Å². The van der Waals surface area contributed by atoms with Crippen LogP contribution in [0.3, 0.4) is 0 Å². The summed E-state index contributed by atoms with van der Waals surface area (Å²) in [5.74, 6) is 0.920. The fourth-order valence-corrected chi connectivity index (χ4v) is 3.44. The fraction of sp³-hybridized carbons (Fsp3) is 0.682. The lowest BCUT2D eigenvalue weighted by molar-refractivity contribution is 0.0632. The van der Waals surface area contributed by atoms with Crippen LogP contribution in [0.2, 0.25) is 0 Å². The van der Waals surface area contributed by atoms with Gasteiger partial charge in [-0.1, -0.05) is 32.9 Å². The van der Waals surface area contributed by atoms with Crippen molar-refractivity contribution < 1.29 is 4.79 Å². The maximum Gasteiger partial charge on any atom is 0.253 e. The normalized spacial score (nSPS) is 16.1. The molecule has 1 fully saturated rings. The summed E-state index contributed by atoms with van der Waals surface area (Å²) in [5.41, 5.74) is 2.09. The van der Waals surface area contributed by atoms with E-state index >= 15 is 0 Å². The van der Waals surface area contributed by atoms with E-state index in [0.717, 1.165) is 57.3 Å². The minimum atomic E-state index is 0.177. The molecule has 26 heavy (non-hydrogen) atoms. The van der Waals surface area contributed by atoms with Crippen molar-refractivity contribution in [2.75, 3.05) is 39.3 Å². The van der Waals surface area contributed by atoms with Crippen molar-refractivity contribution in [2.45, 2.75) is 53.6 Å². The molecule has 1 aliphatic rings. The Kier molecular flexibility index (Phi) is 8.11. The van der Waals surface area contributed by atoms with E-state index in [2.05, 4.69) is 56.6 Å². The summed E-state index contributed by atoms with van der Waals surface area (Å²) in [4.78, 5) is 19.7. The average molecular weight is 360 g/mol. The fourth-order valence-electron chi connectivity index (χ4n) is 3.44. The number of piperazine rings is 1. The standard InChI is InChI=1S/C22H37N3O/c1-6-24(19(4)5)17-20-7-9-21(10-8-20)22(26)25-15-13-23(14-16-25)12-11-18(2)3/h7-10,18-19H,6,11-17H2,1-5H3. The van der Waals surface area contributed by atoms with Gasteiger partial charge < -0.3 is 4.90 Å². The molecule has 0 radical (unpaired) electrons. The van der Waals surface area contributed by atoms with Crippen molar-refractivity contribution in [1.82, 2.24) is 14.7 Å². The summed E-state index contributed by atoms with van der Waals surface area (Å²) >= 11 is 0. The maximum atomic E-state index is 12.8.